The van der Waals surface area contributed by atoms with Crippen molar-refractivity contribution in [2.45, 2.75) is 6.18 Å². The molecule has 0 fully saturated rings. The fourth-order valence-corrected chi connectivity index (χ4v) is 1.18. The lowest BCUT2D eigenvalue weighted by atomic mass is 10.1. The molecule has 0 aliphatic carbocycles. The van der Waals surface area contributed by atoms with E-state index >= 15 is 0 Å². The van der Waals surface area contributed by atoms with Crippen LogP contribution in [0.3, 0.4) is 0 Å². The topological polar surface area (TPSA) is 23.8 Å². The summed E-state index contributed by atoms with van der Waals surface area (Å²) >= 11 is 5.22. The van der Waals surface area contributed by atoms with Crippen LogP contribution in [-0.4, -0.2) is 0 Å². The molecule has 0 aromatic heterocycles. The van der Waals surface area contributed by atoms with Crippen molar-refractivity contribution in [3.8, 4) is 6.07 Å². The van der Waals surface area contributed by atoms with Crippen molar-refractivity contribution in [3.05, 3.63) is 34.1 Å². The molecule has 0 aliphatic rings. The first-order chi connectivity index (χ1) is 6.38. The van der Waals surface area contributed by atoms with E-state index in [0.717, 1.165) is 0 Å². The molecule has 0 aliphatic heterocycles. The molecule has 14 heavy (non-hydrogen) atoms. The lowest BCUT2D eigenvalue weighted by Gasteiger charge is -2.09. The van der Waals surface area contributed by atoms with Gasteiger partial charge >= 0.3 is 6.18 Å². The predicted molar refractivity (Wildman–Crippen MR) is 41.1 cm³/mol. The van der Waals surface area contributed by atoms with Gasteiger partial charge in [0.05, 0.1) is 10.6 Å². The highest BCUT2D eigenvalue weighted by molar-refractivity contribution is 6.32. The first kappa shape index (κ1) is 10.8. The summed E-state index contributed by atoms with van der Waals surface area (Å²) in [5.74, 6) is -1.06. The fraction of sp³-hybridized carbons (Fsp3) is 0.125. The summed E-state index contributed by atoms with van der Waals surface area (Å²) in [5, 5.41) is 7.44. The summed E-state index contributed by atoms with van der Waals surface area (Å²) in [5.41, 5.74) is -2.00. The molecule has 6 heteroatoms. The minimum absolute atomic E-state index is 0.499. The van der Waals surface area contributed by atoms with Gasteiger partial charge in [0.15, 0.2) is 0 Å². The van der Waals surface area contributed by atoms with E-state index in [1.54, 1.807) is 0 Å². The van der Waals surface area contributed by atoms with Crippen LogP contribution in [0.1, 0.15) is 11.1 Å². The van der Waals surface area contributed by atoms with E-state index in [4.69, 9.17) is 16.9 Å². The summed E-state index contributed by atoms with van der Waals surface area (Å²) in [7, 11) is 0. The zero-order chi connectivity index (χ0) is 10.9. The Labute approximate surface area is 81.5 Å². The molecule has 0 atom stereocenters. The molecule has 0 saturated carbocycles. The van der Waals surface area contributed by atoms with Gasteiger partial charge in [-0.05, 0) is 12.1 Å². The second kappa shape index (κ2) is 3.46. The Morgan fingerprint density at radius 2 is 1.86 bits per heavy atom. The van der Waals surface area contributed by atoms with E-state index in [2.05, 4.69) is 0 Å². The smallest absolute Gasteiger partial charge is 0.205 e. The first-order valence-electron chi connectivity index (χ1n) is 3.33. The third-order valence-corrected chi connectivity index (χ3v) is 1.90. The molecule has 0 amide bonds. The Morgan fingerprint density at radius 3 is 2.29 bits per heavy atom. The highest BCUT2D eigenvalue weighted by atomic mass is 35.5. The minimum atomic E-state index is -4.68. The Hall–Kier alpha value is -1.28. The van der Waals surface area contributed by atoms with Crippen LogP contribution >= 0.6 is 11.6 Å². The normalized spacial score (nSPS) is 11.1. The Morgan fingerprint density at radius 1 is 1.29 bits per heavy atom. The van der Waals surface area contributed by atoms with E-state index in [-0.39, 0.29) is 0 Å². The van der Waals surface area contributed by atoms with Gasteiger partial charge < -0.3 is 0 Å². The van der Waals surface area contributed by atoms with E-state index in [0.29, 0.717) is 12.1 Å². The fourth-order valence-electron chi connectivity index (χ4n) is 0.874. The molecule has 0 unspecified atom stereocenters. The van der Waals surface area contributed by atoms with E-state index in [9.17, 15) is 17.6 Å². The average molecular weight is 224 g/mol. The number of hydrogen-bond acceptors (Lipinski definition) is 1. The Kier molecular flexibility index (Phi) is 2.67. The van der Waals surface area contributed by atoms with Gasteiger partial charge in [0.2, 0.25) is 0 Å². The lowest BCUT2D eigenvalue weighted by molar-refractivity contribution is -0.137. The minimum Gasteiger partial charge on any atom is -0.205 e. The van der Waals surface area contributed by atoms with E-state index < -0.39 is 28.1 Å². The highest BCUT2D eigenvalue weighted by Gasteiger charge is 2.34. The quantitative estimate of drug-likeness (QED) is 0.619. The number of benzene rings is 1. The van der Waals surface area contributed by atoms with Crippen LogP contribution in [0.15, 0.2) is 12.1 Å². The van der Waals surface area contributed by atoms with Crippen LogP contribution in [0.2, 0.25) is 5.02 Å². The van der Waals surface area contributed by atoms with Crippen molar-refractivity contribution in [1.82, 2.24) is 0 Å². The van der Waals surface area contributed by atoms with Gasteiger partial charge in [0.25, 0.3) is 0 Å². The van der Waals surface area contributed by atoms with Crippen molar-refractivity contribution in [2.75, 3.05) is 0 Å². The highest BCUT2D eigenvalue weighted by Crippen LogP contribution is 2.36. The van der Waals surface area contributed by atoms with Gasteiger partial charge in [0, 0.05) is 0 Å². The number of rotatable bonds is 0. The third kappa shape index (κ3) is 1.80. The van der Waals surface area contributed by atoms with Crippen LogP contribution in [0.25, 0.3) is 0 Å². The van der Waals surface area contributed by atoms with Crippen LogP contribution in [-0.2, 0) is 6.18 Å². The van der Waals surface area contributed by atoms with Crippen molar-refractivity contribution in [3.63, 3.8) is 0 Å². The van der Waals surface area contributed by atoms with Crippen molar-refractivity contribution < 1.29 is 17.6 Å². The molecule has 1 aromatic rings. The molecule has 74 valence electrons. The van der Waals surface area contributed by atoms with Gasteiger partial charge in [-0.15, -0.1) is 0 Å². The van der Waals surface area contributed by atoms with E-state index in [1.165, 1.54) is 6.07 Å². The summed E-state index contributed by atoms with van der Waals surface area (Å²) in [4.78, 5) is 0. The SMILES string of the molecule is N#Cc1c(F)ccc(C(F)(F)F)c1Cl. The predicted octanol–water partition coefficient (Wildman–Crippen LogP) is 3.37. The Bertz CT molecular complexity index is 405. The molecule has 0 heterocycles. The summed E-state index contributed by atoms with van der Waals surface area (Å²) < 4.78 is 49.3. The van der Waals surface area contributed by atoms with Crippen LogP contribution in [0.4, 0.5) is 17.6 Å². The number of halogens is 5. The van der Waals surface area contributed by atoms with Gasteiger partial charge in [0.1, 0.15) is 17.4 Å². The third-order valence-electron chi connectivity index (χ3n) is 1.51. The molecule has 1 aromatic carbocycles. The zero-order valence-corrected chi connectivity index (χ0v) is 7.25. The first-order valence-corrected chi connectivity index (χ1v) is 3.71. The lowest BCUT2D eigenvalue weighted by Crippen LogP contribution is -2.07. The molecule has 0 N–H and O–H groups in total. The van der Waals surface area contributed by atoms with Crippen molar-refractivity contribution in [1.29, 1.82) is 5.26 Å². The summed E-state index contributed by atoms with van der Waals surface area (Å²) in [6.07, 6.45) is -4.68. The second-order valence-electron chi connectivity index (χ2n) is 2.39. The number of hydrogen-bond donors (Lipinski definition) is 0. The van der Waals surface area contributed by atoms with Gasteiger partial charge in [-0.1, -0.05) is 11.6 Å². The molecular formula is C8H2ClF4N. The monoisotopic (exact) mass is 223 g/mol. The summed E-state index contributed by atoms with van der Waals surface area (Å²) in [6, 6.07) is 2.33. The number of nitrogens with zero attached hydrogens (tertiary/aromatic N) is 1. The van der Waals surface area contributed by atoms with Crippen LogP contribution in [0.5, 0.6) is 0 Å². The molecule has 0 bridgehead atoms. The van der Waals surface area contributed by atoms with Crippen LogP contribution < -0.4 is 0 Å². The van der Waals surface area contributed by atoms with Gasteiger partial charge in [-0.25, -0.2) is 4.39 Å². The maximum atomic E-state index is 12.7. The largest absolute Gasteiger partial charge is 0.417 e. The average Bonchev–Trinajstić information content (AvgIpc) is 2.02. The summed E-state index contributed by atoms with van der Waals surface area (Å²) in [6.45, 7) is 0. The second-order valence-corrected chi connectivity index (χ2v) is 2.77. The van der Waals surface area contributed by atoms with E-state index in [1.807, 2.05) is 0 Å². The Balaban J connectivity index is 3.46. The van der Waals surface area contributed by atoms with Crippen molar-refractivity contribution in [2.24, 2.45) is 0 Å². The van der Waals surface area contributed by atoms with Crippen molar-refractivity contribution >= 4 is 11.6 Å². The molecule has 1 rings (SSSR count). The maximum Gasteiger partial charge on any atom is 0.417 e. The number of nitriles is 1. The molecule has 0 radical (unpaired) electrons. The van der Waals surface area contributed by atoms with Crippen LogP contribution in [0, 0.1) is 17.1 Å². The molecule has 0 saturated heterocycles. The van der Waals surface area contributed by atoms with Gasteiger partial charge in [-0.2, -0.15) is 18.4 Å². The maximum absolute atomic E-state index is 12.7. The standard InChI is InChI=1S/C8H2ClF4N/c9-7-4(3-14)6(10)2-1-5(7)8(11,12)13/h1-2H. The zero-order valence-electron chi connectivity index (χ0n) is 6.49. The molecule has 0 spiro atoms. The van der Waals surface area contributed by atoms with Gasteiger partial charge in [-0.3, -0.25) is 0 Å². The molecular weight excluding hydrogens is 222 g/mol. The molecule has 1 nitrogen and oxygen atoms in total. The number of alkyl halides is 3.